The Bertz CT molecular complexity index is 1620. The van der Waals surface area contributed by atoms with E-state index in [1.54, 1.807) is 12.3 Å². The summed E-state index contributed by atoms with van der Waals surface area (Å²) >= 11 is 0. The normalized spacial score (nSPS) is 12.9. The SMILES string of the molecule is O=C(NCC#Cc1ccc2nccc(OCC3CCOCC3)c2c1)c1ccc[nH]c1=O.OCCc1ccc(F)c(F)c1. The largest absolute Gasteiger partial charge is 0.493 e. The molecule has 1 aliphatic rings. The predicted molar refractivity (Wildman–Crippen MR) is 154 cm³/mol. The monoisotopic (exact) mass is 575 g/mol. The molecule has 3 heterocycles. The van der Waals surface area contributed by atoms with Crippen LogP contribution in [0.5, 0.6) is 5.75 Å². The van der Waals surface area contributed by atoms with E-state index in [2.05, 4.69) is 27.1 Å². The van der Waals surface area contributed by atoms with Crippen LogP contribution in [0.25, 0.3) is 10.9 Å². The minimum Gasteiger partial charge on any atom is -0.493 e. The number of H-pyrrole nitrogens is 1. The van der Waals surface area contributed by atoms with Crippen molar-refractivity contribution >= 4 is 16.8 Å². The molecular weight excluding hydrogens is 544 g/mol. The van der Waals surface area contributed by atoms with E-state index >= 15 is 0 Å². The Morgan fingerprint density at radius 3 is 2.71 bits per heavy atom. The lowest BCUT2D eigenvalue weighted by Crippen LogP contribution is -2.29. The quantitative estimate of drug-likeness (QED) is 0.287. The number of amides is 1. The van der Waals surface area contributed by atoms with E-state index < -0.39 is 23.1 Å². The van der Waals surface area contributed by atoms with Crippen molar-refractivity contribution in [3.05, 3.63) is 106 Å². The number of nitrogens with zero attached hydrogens (tertiary/aromatic N) is 1. The van der Waals surface area contributed by atoms with E-state index in [1.807, 2.05) is 24.3 Å². The molecule has 0 atom stereocenters. The molecule has 4 aromatic rings. The van der Waals surface area contributed by atoms with Crippen LogP contribution in [0.1, 0.15) is 34.3 Å². The third-order valence-electron chi connectivity index (χ3n) is 6.53. The Balaban J connectivity index is 0.000000310. The standard InChI is InChI=1S/C24H23N3O4.C8H8F2O/c28-23(19-4-2-11-27-24(19)29)26-10-1-3-17-5-6-21-20(15-17)22(7-12-25-21)31-16-18-8-13-30-14-9-18;9-7-2-1-6(3-4-11)5-8(7)10/h2,4-7,11-12,15,18H,8-10,13-14,16H2,(H,26,28)(H,27,29);1-2,5,11H,3-4H2. The van der Waals surface area contributed by atoms with Gasteiger partial charge in [0, 0.05) is 43.2 Å². The number of carbonyl (C=O) groups excluding carboxylic acids is 1. The first-order valence-electron chi connectivity index (χ1n) is 13.5. The van der Waals surface area contributed by atoms with Crippen molar-refractivity contribution in [3.63, 3.8) is 0 Å². The Hall–Kier alpha value is -4.59. The Morgan fingerprint density at radius 2 is 1.95 bits per heavy atom. The van der Waals surface area contributed by atoms with Crippen LogP contribution in [0.2, 0.25) is 0 Å². The first-order valence-corrected chi connectivity index (χ1v) is 13.5. The molecule has 1 aliphatic heterocycles. The Kier molecular flexibility index (Phi) is 11.2. The fraction of sp³-hybridized carbons (Fsp3) is 0.281. The number of rotatable bonds is 7. The van der Waals surface area contributed by atoms with Gasteiger partial charge in [0.2, 0.25) is 0 Å². The maximum absolute atomic E-state index is 12.4. The molecule has 0 saturated carbocycles. The van der Waals surface area contributed by atoms with E-state index in [1.165, 1.54) is 18.3 Å². The van der Waals surface area contributed by atoms with Gasteiger partial charge in [0.1, 0.15) is 11.3 Å². The highest BCUT2D eigenvalue weighted by Crippen LogP contribution is 2.26. The van der Waals surface area contributed by atoms with Gasteiger partial charge < -0.3 is 24.9 Å². The highest BCUT2D eigenvalue weighted by Gasteiger charge is 2.15. The van der Waals surface area contributed by atoms with Gasteiger partial charge in [-0.15, -0.1) is 0 Å². The maximum atomic E-state index is 12.4. The summed E-state index contributed by atoms with van der Waals surface area (Å²) in [5.41, 5.74) is 1.87. The highest BCUT2D eigenvalue weighted by molar-refractivity contribution is 5.93. The number of aromatic amines is 1. The lowest BCUT2D eigenvalue weighted by atomic mass is 10.0. The van der Waals surface area contributed by atoms with Crippen LogP contribution < -0.4 is 15.6 Å². The molecule has 3 N–H and O–H groups in total. The third kappa shape index (κ3) is 8.70. The summed E-state index contributed by atoms with van der Waals surface area (Å²) in [4.78, 5) is 30.6. The number of hydrogen-bond acceptors (Lipinski definition) is 6. The average Bonchev–Trinajstić information content (AvgIpc) is 3.01. The number of aromatic nitrogens is 2. The van der Waals surface area contributed by atoms with Crippen molar-refractivity contribution < 1.29 is 28.2 Å². The van der Waals surface area contributed by atoms with E-state index in [9.17, 15) is 18.4 Å². The maximum Gasteiger partial charge on any atom is 0.260 e. The van der Waals surface area contributed by atoms with Crippen LogP contribution in [0, 0.1) is 29.4 Å². The fourth-order valence-corrected chi connectivity index (χ4v) is 4.24. The number of fused-ring (bicyclic) bond motifs is 1. The lowest BCUT2D eigenvalue weighted by molar-refractivity contribution is 0.0500. The van der Waals surface area contributed by atoms with Crippen molar-refractivity contribution in [3.8, 4) is 17.6 Å². The van der Waals surface area contributed by atoms with Crippen LogP contribution in [0.3, 0.4) is 0 Å². The smallest absolute Gasteiger partial charge is 0.260 e. The summed E-state index contributed by atoms with van der Waals surface area (Å²) < 4.78 is 36.3. The molecule has 8 nitrogen and oxygen atoms in total. The number of ether oxygens (including phenoxy) is 2. The second-order valence-corrected chi connectivity index (χ2v) is 9.53. The summed E-state index contributed by atoms with van der Waals surface area (Å²) in [5.74, 6) is 5.07. The highest BCUT2D eigenvalue weighted by atomic mass is 19.2. The number of hydrogen-bond donors (Lipinski definition) is 3. The van der Waals surface area contributed by atoms with Crippen LogP contribution >= 0.6 is 0 Å². The molecule has 0 radical (unpaired) electrons. The number of aliphatic hydroxyl groups is 1. The summed E-state index contributed by atoms with van der Waals surface area (Å²) in [6.45, 7) is 2.32. The molecule has 5 rings (SSSR count). The molecule has 2 aromatic heterocycles. The predicted octanol–water partition coefficient (Wildman–Crippen LogP) is 4.01. The zero-order valence-electron chi connectivity index (χ0n) is 22.9. The number of halogens is 2. The van der Waals surface area contributed by atoms with E-state index in [-0.39, 0.29) is 18.7 Å². The van der Waals surface area contributed by atoms with Crippen LogP contribution in [0.4, 0.5) is 8.78 Å². The van der Waals surface area contributed by atoms with Gasteiger partial charge in [-0.05, 0) is 79.3 Å². The first-order chi connectivity index (χ1) is 20.4. The van der Waals surface area contributed by atoms with E-state index in [0.717, 1.165) is 60.4 Å². The van der Waals surface area contributed by atoms with Crippen LogP contribution in [0.15, 0.2) is 71.8 Å². The third-order valence-corrected chi connectivity index (χ3v) is 6.53. The number of benzene rings is 2. The number of carbonyl (C=O) groups is 1. The lowest BCUT2D eigenvalue weighted by Gasteiger charge is -2.22. The van der Waals surface area contributed by atoms with Gasteiger partial charge in [0.25, 0.3) is 11.5 Å². The van der Waals surface area contributed by atoms with Gasteiger partial charge in [-0.1, -0.05) is 17.9 Å². The molecule has 42 heavy (non-hydrogen) atoms. The van der Waals surface area contributed by atoms with Crippen molar-refractivity contribution in [2.45, 2.75) is 19.3 Å². The topological polar surface area (TPSA) is 114 Å². The summed E-state index contributed by atoms with van der Waals surface area (Å²) in [7, 11) is 0. The Labute approximate surface area is 241 Å². The molecule has 1 saturated heterocycles. The van der Waals surface area contributed by atoms with Gasteiger partial charge in [0.15, 0.2) is 11.6 Å². The molecule has 218 valence electrons. The summed E-state index contributed by atoms with van der Waals surface area (Å²) in [6, 6.07) is 14.3. The van der Waals surface area contributed by atoms with Gasteiger partial charge in [-0.25, -0.2) is 8.78 Å². The molecular formula is C32H31F2N3O5. The van der Waals surface area contributed by atoms with Crippen molar-refractivity contribution in [1.82, 2.24) is 15.3 Å². The minimum absolute atomic E-state index is 0.0505. The molecule has 0 bridgehead atoms. The number of aliphatic hydroxyl groups excluding tert-OH is 1. The molecule has 1 amide bonds. The van der Waals surface area contributed by atoms with Gasteiger partial charge >= 0.3 is 0 Å². The molecule has 0 unspecified atom stereocenters. The second-order valence-electron chi connectivity index (χ2n) is 9.53. The van der Waals surface area contributed by atoms with Crippen LogP contribution in [-0.4, -0.2) is 54.0 Å². The second kappa shape index (κ2) is 15.4. The van der Waals surface area contributed by atoms with E-state index in [4.69, 9.17) is 14.6 Å². The van der Waals surface area contributed by atoms with Gasteiger partial charge in [-0.2, -0.15) is 0 Å². The van der Waals surface area contributed by atoms with Crippen molar-refractivity contribution in [2.75, 3.05) is 33.0 Å². The summed E-state index contributed by atoms with van der Waals surface area (Å²) in [6.07, 6.45) is 5.61. The Morgan fingerprint density at radius 1 is 1.12 bits per heavy atom. The zero-order valence-corrected chi connectivity index (χ0v) is 22.9. The zero-order chi connectivity index (χ0) is 29.7. The molecule has 0 aliphatic carbocycles. The van der Waals surface area contributed by atoms with Crippen molar-refractivity contribution in [1.29, 1.82) is 0 Å². The van der Waals surface area contributed by atoms with Crippen molar-refractivity contribution in [2.24, 2.45) is 5.92 Å². The first kappa shape index (κ1) is 30.4. The van der Waals surface area contributed by atoms with Gasteiger partial charge in [0.05, 0.1) is 18.7 Å². The molecule has 1 fully saturated rings. The minimum atomic E-state index is -0.865. The van der Waals surface area contributed by atoms with Gasteiger partial charge in [-0.3, -0.25) is 14.6 Å². The fourth-order valence-electron chi connectivity index (χ4n) is 4.24. The van der Waals surface area contributed by atoms with E-state index in [0.29, 0.717) is 24.5 Å². The molecule has 0 spiro atoms. The average molecular weight is 576 g/mol. The molecule has 10 heteroatoms. The molecule has 2 aromatic carbocycles. The summed E-state index contributed by atoms with van der Waals surface area (Å²) in [5, 5.41) is 12.0. The number of pyridine rings is 2. The van der Waals surface area contributed by atoms with Crippen LogP contribution in [-0.2, 0) is 11.2 Å². The number of nitrogens with one attached hydrogen (secondary N) is 2.